The molecule has 1 rings (SSSR count). The summed E-state index contributed by atoms with van der Waals surface area (Å²) >= 11 is 0. The van der Waals surface area contributed by atoms with E-state index < -0.39 is 10.1 Å². The molecule has 0 spiro atoms. The van der Waals surface area contributed by atoms with Gasteiger partial charge in [-0.25, -0.2) is 0 Å². The summed E-state index contributed by atoms with van der Waals surface area (Å²) in [7, 11) is -3.64. The van der Waals surface area contributed by atoms with E-state index in [4.69, 9.17) is 4.18 Å². The molecule has 0 aliphatic heterocycles. The Morgan fingerprint density at radius 3 is 1.86 bits per heavy atom. The maximum absolute atomic E-state index is 12.0. The normalized spacial score (nSPS) is 13.3. The molecule has 0 aliphatic rings. The van der Waals surface area contributed by atoms with Crippen LogP contribution >= 0.6 is 0 Å². The molecule has 1 aromatic carbocycles. The maximum Gasteiger partial charge on any atom is 0.296 e. The van der Waals surface area contributed by atoms with Gasteiger partial charge in [-0.05, 0) is 63.0 Å². The molecule has 0 unspecified atom stereocenters. The highest BCUT2D eigenvalue weighted by molar-refractivity contribution is 7.86. The fraction of sp³-hybridized carbons (Fsp3) is 0.500. The average molecular weight is 405 g/mol. The summed E-state index contributed by atoms with van der Waals surface area (Å²) in [6.45, 7) is 8.76. The molecular formula is C24H36O3S. The van der Waals surface area contributed by atoms with E-state index in [2.05, 4.69) is 57.2 Å². The highest BCUT2D eigenvalue weighted by atomic mass is 32.2. The number of hydrogen-bond donors (Lipinski definition) is 0. The lowest BCUT2D eigenvalue weighted by Crippen LogP contribution is -2.07. The SMILES string of the molecule is Cc1ccc(S(=O)(=O)OCCCC=CCCC=CCCC=CC(C)(C)C)cc1. The number of unbranched alkanes of at least 4 members (excludes halogenated alkanes) is 3. The highest BCUT2D eigenvalue weighted by Gasteiger charge is 2.13. The van der Waals surface area contributed by atoms with Crippen LogP contribution in [0.15, 0.2) is 65.6 Å². The van der Waals surface area contributed by atoms with Crippen LogP contribution in [0.5, 0.6) is 0 Å². The van der Waals surface area contributed by atoms with Gasteiger partial charge in [0.2, 0.25) is 0 Å². The molecule has 0 N–H and O–H groups in total. The van der Waals surface area contributed by atoms with E-state index >= 15 is 0 Å². The molecule has 0 saturated carbocycles. The molecule has 156 valence electrons. The summed E-state index contributed by atoms with van der Waals surface area (Å²) in [6, 6.07) is 6.71. The molecule has 0 aromatic heterocycles. The van der Waals surface area contributed by atoms with E-state index in [9.17, 15) is 8.42 Å². The molecule has 0 bridgehead atoms. The van der Waals surface area contributed by atoms with Crippen molar-refractivity contribution in [3.8, 4) is 0 Å². The Morgan fingerprint density at radius 2 is 1.32 bits per heavy atom. The largest absolute Gasteiger partial charge is 0.296 e. The van der Waals surface area contributed by atoms with Crippen molar-refractivity contribution in [1.82, 2.24) is 0 Å². The fourth-order valence-electron chi connectivity index (χ4n) is 2.44. The van der Waals surface area contributed by atoms with Crippen LogP contribution in [0, 0.1) is 12.3 Å². The molecule has 0 atom stereocenters. The fourth-order valence-corrected chi connectivity index (χ4v) is 3.38. The van der Waals surface area contributed by atoms with Crippen LogP contribution in [-0.4, -0.2) is 15.0 Å². The summed E-state index contributed by atoms with van der Waals surface area (Å²) in [5.41, 5.74) is 1.29. The number of allylic oxidation sites excluding steroid dienone is 6. The number of rotatable bonds is 12. The number of hydrogen-bond acceptors (Lipinski definition) is 3. The third-order valence-corrected chi connectivity index (χ3v) is 5.34. The van der Waals surface area contributed by atoms with Crippen molar-refractivity contribution in [2.24, 2.45) is 5.41 Å². The number of benzene rings is 1. The predicted molar refractivity (Wildman–Crippen MR) is 119 cm³/mol. The highest BCUT2D eigenvalue weighted by Crippen LogP contribution is 2.15. The van der Waals surface area contributed by atoms with Gasteiger partial charge in [0.1, 0.15) is 0 Å². The third kappa shape index (κ3) is 11.9. The lowest BCUT2D eigenvalue weighted by molar-refractivity contribution is 0.313. The standard InChI is InChI=1S/C24H36O3S/c1-22-16-18-23(19-17-22)28(25,26)27-21-15-13-11-9-7-5-6-8-10-12-14-20-24(2,3)4/h6,8-9,11,14,16-20H,5,7,10,12-13,15,21H2,1-4H3. The monoisotopic (exact) mass is 404 g/mol. The van der Waals surface area contributed by atoms with Crippen LogP contribution in [-0.2, 0) is 14.3 Å². The van der Waals surface area contributed by atoms with Gasteiger partial charge in [0.05, 0.1) is 11.5 Å². The van der Waals surface area contributed by atoms with Gasteiger partial charge in [-0.3, -0.25) is 4.18 Å². The molecule has 4 heteroatoms. The van der Waals surface area contributed by atoms with Gasteiger partial charge in [0, 0.05) is 0 Å². The minimum Gasteiger partial charge on any atom is -0.266 e. The Bertz CT molecular complexity index is 733. The molecule has 0 saturated heterocycles. The molecule has 28 heavy (non-hydrogen) atoms. The molecule has 1 aromatic rings. The quantitative estimate of drug-likeness (QED) is 0.220. The van der Waals surface area contributed by atoms with Crippen LogP contribution in [0.1, 0.15) is 64.9 Å². The van der Waals surface area contributed by atoms with E-state index in [-0.39, 0.29) is 16.9 Å². The van der Waals surface area contributed by atoms with Gasteiger partial charge >= 0.3 is 0 Å². The van der Waals surface area contributed by atoms with Crippen LogP contribution in [0.2, 0.25) is 0 Å². The van der Waals surface area contributed by atoms with Gasteiger partial charge in [-0.15, -0.1) is 0 Å². The van der Waals surface area contributed by atoms with E-state index in [0.717, 1.165) is 37.7 Å². The molecule has 0 radical (unpaired) electrons. The summed E-state index contributed by atoms with van der Waals surface area (Å²) in [4.78, 5) is 0.217. The minimum atomic E-state index is -3.64. The Labute approximate surface area is 172 Å². The van der Waals surface area contributed by atoms with Crippen LogP contribution in [0.4, 0.5) is 0 Å². The second-order valence-corrected chi connectivity index (χ2v) is 9.71. The van der Waals surface area contributed by atoms with E-state index in [1.165, 1.54) is 0 Å². The Morgan fingerprint density at radius 1 is 0.821 bits per heavy atom. The zero-order valence-electron chi connectivity index (χ0n) is 17.9. The van der Waals surface area contributed by atoms with Crippen LogP contribution in [0.25, 0.3) is 0 Å². The van der Waals surface area contributed by atoms with E-state index in [0.29, 0.717) is 6.42 Å². The van der Waals surface area contributed by atoms with Crippen LogP contribution < -0.4 is 0 Å². The first-order valence-electron chi connectivity index (χ1n) is 10.1. The average Bonchev–Trinajstić information content (AvgIpc) is 2.61. The topological polar surface area (TPSA) is 43.4 Å². The van der Waals surface area contributed by atoms with Crippen molar-refractivity contribution in [3.63, 3.8) is 0 Å². The first-order chi connectivity index (χ1) is 13.2. The first-order valence-corrected chi connectivity index (χ1v) is 11.6. The second kappa shape index (κ2) is 12.7. The zero-order valence-corrected chi connectivity index (χ0v) is 18.7. The van der Waals surface area contributed by atoms with Gasteiger partial charge in [0.25, 0.3) is 10.1 Å². The van der Waals surface area contributed by atoms with Gasteiger partial charge in [-0.2, -0.15) is 8.42 Å². The van der Waals surface area contributed by atoms with Crippen molar-refractivity contribution in [2.75, 3.05) is 6.61 Å². The molecule has 0 heterocycles. The lowest BCUT2D eigenvalue weighted by Gasteiger charge is -2.10. The molecular weight excluding hydrogens is 368 g/mol. The Kier molecular flexibility index (Phi) is 11.1. The lowest BCUT2D eigenvalue weighted by atomic mass is 9.96. The van der Waals surface area contributed by atoms with Crippen molar-refractivity contribution in [3.05, 3.63) is 66.3 Å². The predicted octanol–water partition coefficient (Wildman–Crippen LogP) is 6.76. The molecule has 0 aliphatic carbocycles. The van der Waals surface area contributed by atoms with Crippen molar-refractivity contribution >= 4 is 10.1 Å². The van der Waals surface area contributed by atoms with Crippen LogP contribution in [0.3, 0.4) is 0 Å². The number of aryl methyl sites for hydroxylation is 1. The van der Waals surface area contributed by atoms with Crippen molar-refractivity contribution in [1.29, 1.82) is 0 Å². The Hall–Kier alpha value is -1.65. The van der Waals surface area contributed by atoms with Gasteiger partial charge in [0.15, 0.2) is 0 Å². The summed E-state index contributed by atoms with van der Waals surface area (Å²) in [5, 5.41) is 0. The molecule has 0 amide bonds. The molecule has 3 nitrogen and oxygen atoms in total. The summed E-state index contributed by atoms with van der Waals surface area (Å²) in [6.07, 6.45) is 19.0. The first kappa shape index (κ1) is 24.4. The Balaban J connectivity index is 2.09. The van der Waals surface area contributed by atoms with Crippen molar-refractivity contribution in [2.45, 2.75) is 71.1 Å². The maximum atomic E-state index is 12.0. The third-order valence-electron chi connectivity index (χ3n) is 4.01. The smallest absolute Gasteiger partial charge is 0.266 e. The second-order valence-electron chi connectivity index (χ2n) is 8.10. The van der Waals surface area contributed by atoms with E-state index in [1.807, 2.05) is 6.92 Å². The zero-order chi connectivity index (χ0) is 20.9. The van der Waals surface area contributed by atoms with Crippen molar-refractivity contribution < 1.29 is 12.6 Å². The summed E-state index contributed by atoms with van der Waals surface area (Å²) in [5.74, 6) is 0. The van der Waals surface area contributed by atoms with E-state index in [1.54, 1.807) is 24.3 Å². The summed E-state index contributed by atoms with van der Waals surface area (Å²) < 4.78 is 29.2. The minimum absolute atomic E-state index is 0.211. The van der Waals surface area contributed by atoms with Gasteiger partial charge in [-0.1, -0.05) is 74.9 Å². The van der Waals surface area contributed by atoms with Gasteiger partial charge < -0.3 is 0 Å². The molecule has 0 fully saturated rings.